The van der Waals surface area contributed by atoms with Crippen LogP contribution in [-0.4, -0.2) is 25.2 Å². The van der Waals surface area contributed by atoms with Crippen molar-refractivity contribution >= 4 is 15.6 Å². The Labute approximate surface area is 105 Å². The summed E-state index contributed by atoms with van der Waals surface area (Å²) in [5, 5.41) is -1.25. The maximum absolute atomic E-state index is 13.0. The van der Waals surface area contributed by atoms with Gasteiger partial charge in [0.25, 0.3) is 0 Å². The molecule has 0 aliphatic carbocycles. The standard InChI is InChI=1S/C12H14F2O3S/c1-3-6-18(16,17)8(2)12(15)9-4-5-10(13)11(14)7-9/h4-5,7-8H,3,6H2,1-2H3. The van der Waals surface area contributed by atoms with E-state index in [0.29, 0.717) is 6.42 Å². The van der Waals surface area contributed by atoms with Crippen molar-refractivity contribution in [1.82, 2.24) is 0 Å². The van der Waals surface area contributed by atoms with Crippen LogP contribution >= 0.6 is 0 Å². The third kappa shape index (κ3) is 3.13. The fourth-order valence-corrected chi connectivity index (χ4v) is 2.89. The Morgan fingerprint density at radius 3 is 2.39 bits per heavy atom. The number of hydrogen-bond acceptors (Lipinski definition) is 3. The Morgan fingerprint density at radius 1 is 1.28 bits per heavy atom. The molecule has 0 saturated heterocycles. The zero-order valence-electron chi connectivity index (χ0n) is 10.1. The summed E-state index contributed by atoms with van der Waals surface area (Å²) in [6.45, 7) is 2.95. The topological polar surface area (TPSA) is 51.2 Å². The van der Waals surface area contributed by atoms with Crippen LogP contribution < -0.4 is 0 Å². The van der Waals surface area contributed by atoms with E-state index in [-0.39, 0.29) is 11.3 Å². The summed E-state index contributed by atoms with van der Waals surface area (Å²) in [7, 11) is -3.55. The van der Waals surface area contributed by atoms with Crippen molar-refractivity contribution in [2.45, 2.75) is 25.5 Å². The van der Waals surface area contributed by atoms with Gasteiger partial charge >= 0.3 is 0 Å². The second-order valence-electron chi connectivity index (χ2n) is 4.00. The van der Waals surface area contributed by atoms with E-state index in [0.717, 1.165) is 18.2 Å². The summed E-state index contributed by atoms with van der Waals surface area (Å²) in [5.74, 6) is -3.07. The number of carbonyl (C=O) groups is 1. The number of rotatable bonds is 5. The molecule has 0 N–H and O–H groups in total. The van der Waals surface area contributed by atoms with Gasteiger partial charge in [0.2, 0.25) is 0 Å². The highest BCUT2D eigenvalue weighted by molar-refractivity contribution is 7.92. The van der Waals surface area contributed by atoms with Crippen LogP contribution in [0.15, 0.2) is 18.2 Å². The fourth-order valence-electron chi connectivity index (χ4n) is 1.51. The molecule has 0 amide bonds. The van der Waals surface area contributed by atoms with Gasteiger partial charge in [-0.15, -0.1) is 0 Å². The molecule has 0 aliphatic rings. The van der Waals surface area contributed by atoms with E-state index < -0.39 is 32.5 Å². The quantitative estimate of drug-likeness (QED) is 0.776. The van der Waals surface area contributed by atoms with Crippen LogP contribution in [0.25, 0.3) is 0 Å². The fraction of sp³-hybridized carbons (Fsp3) is 0.417. The molecule has 1 rings (SSSR count). The van der Waals surface area contributed by atoms with Gasteiger partial charge in [0.05, 0.1) is 5.75 Å². The lowest BCUT2D eigenvalue weighted by molar-refractivity contribution is 0.0991. The molecule has 0 spiro atoms. The molecule has 0 aromatic heterocycles. The molecule has 0 aliphatic heterocycles. The highest BCUT2D eigenvalue weighted by atomic mass is 32.2. The minimum Gasteiger partial charge on any atom is -0.293 e. The summed E-state index contributed by atoms with van der Waals surface area (Å²) in [4.78, 5) is 11.9. The van der Waals surface area contributed by atoms with Gasteiger partial charge in [-0.3, -0.25) is 4.79 Å². The first-order chi connectivity index (χ1) is 8.29. The highest BCUT2D eigenvalue weighted by Crippen LogP contribution is 2.15. The summed E-state index contributed by atoms with van der Waals surface area (Å²) >= 11 is 0. The lowest BCUT2D eigenvalue weighted by Crippen LogP contribution is -2.29. The van der Waals surface area contributed by atoms with E-state index in [1.807, 2.05) is 0 Å². The van der Waals surface area contributed by atoms with Gasteiger partial charge in [0, 0.05) is 5.56 Å². The third-order valence-corrected chi connectivity index (χ3v) is 4.87. The minimum absolute atomic E-state index is 0.108. The average Bonchev–Trinajstić information content (AvgIpc) is 2.30. The van der Waals surface area contributed by atoms with E-state index >= 15 is 0 Å². The zero-order chi connectivity index (χ0) is 13.9. The van der Waals surface area contributed by atoms with E-state index in [9.17, 15) is 22.0 Å². The Kier molecular flexibility index (Phi) is 4.56. The lowest BCUT2D eigenvalue weighted by Gasteiger charge is -2.11. The van der Waals surface area contributed by atoms with Crippen LogP contribution in [-0.2, 0) is 9.84 Å². The van der Waals surface area contributed by atoms with Crippen LogP contribution in [0.2, 0.25) is 0 Å². The number of carbonyl (C=O) groups excluding carboxylic acids is 1. The van der Waals surface area contributed by atoms with E-state index in [4.69, 9.17) is 0 Å². The van der Waals surface area contributed by atoms with Crippen LogP contribution in [0.3, 0.4) is 0 Å². The number of benzene rings is 1. The normalized spacial score (nSPS) is 13.3. The van der Waals surface area contributed by atoms with Crippen molar-refractivity contribution in [3.63, 3.8) is 0 Å². The van der Waals surface area contributed by atoms with Crippen LogP contribution in [0.1, 0.15) is 30.6 Å². The summed E-state index contributed by atoms with van der Waals surface area (Å²) in [6, 6.07) is 2.61. The monoisotopic (exact) mass is 276 g/mol. The maximum atomic E-state index is 13.0. The first-order valence-corrected chi connectivity index (χ1v) is 7.22. The molecule has 0 radical (unpaired) electrons. The van der Waals surface area contributed by atoms with Crippen LogP contribution in [0, 0.1) is 11.6 Å². The Morgan fingerprint density at radius 2 is 1.89 bits per heavy atom. The second-order valence-corrected chi connectivity index (χ2v) is 6.44. The molecule has 1 unspecified atom stereocenters. The van der Waals surface area contributed by atoms with Crippen LogP contribution in [0.5, 0.6) is 0 Å². The van der Waals surface area contributed by atoms with Crippen molar-refractivity contribution in [3.8, 4) is 0 Å². The van der Waals surface area contributed by atoms with E-state index in [1.165, 1.54) is 6.92 Å². The van der Waals surface area contributed by atoms with Crippen molar-refractivity contribution in [3.05, 3.63) is 35.4 Å². The molecule has 1 aromatic rings. The molecule has 0 bridgehead atoms. The Hall–Kier alpha value is -1.30. The van der Waals surface area contributed by atoms with Crippen molar-refractivity contribution in [2.75, 3.05) is 5.75 Å². The molecule has 1 aromatic carbocycles. The van der Waals surface area contributed by atoms with Gasteiger partial charge in [-0.2, -0.15) is 0 Å². The first kappa shape index (κ1) is 14.8. The van der Waals surface area contributed by atoms with Crippen LogP contribution in [0.4, 0.5) is 8.78 Å². The zero-order valence-corrected chi connectivity index (χ0v) is 10.9. The number of ketones is 1. The van der Waals surface area contributed by atoms with Gasteiger partial charge in [-0.25, -0.2) is 17.2 Å². The molecule has 0 heterocycles. The smallest absolute Gasteiger partial charge is 0.180 e. The van der Waals surface area contributed by atoms with Gasteiger partial charge < -0.3 is 0 Å². The predicted octanol–water partition coefficient (Wildman–Crippen LogP) is 2.36. The van der Waals surface area contributed by atoms with E-state index in [2.05, 4.69) is 0 Å². The molecule has 3 nitrogen and oxygen atoms in total. The largest absolute Gasteiger partial charge is 0.293 e. The molecule has 100 valence electrons. The van der Waals surface area contributed by atoms with Crippen molar-refractivity contribution in [1.29, 1.82) is 0 Å². The molecule has 6 heteroatoms. The number of hydrogen-bond donors (Lipinski definition) is 0. The van der Waals surface area contributed by atoms with Gasteiger partial charge in [-0.1, -0.05) is 6.92 Å². The van der Waals surface area contributed by atoms with Crippen molar-refractivity contribution < 1.29 is 22.0 Å². The summed E-state index contributed by atoms with van der Waals surface area (Å²) in [6.07, 6.45) is 0.401. The molecule has 18 heavy (non-hydrogen) atoms. The second kappa shape index (κ2) is 5.56. The number of Topliss-reactive ketones (excluding diaryl/α,β-unsaturated/α-hetero) is 1. The maximum Gasteiger partial charge on any atom is 0.180 e. The van der Waals surface area contributed by atoms with Gasteiger partial charge in [-0.05, 0) is 31.5 Å². The first-order valence-electron chi connectivity index (χ1n) is 5.50. The Bertz CT molecular complexity index is 552. The molecule has 0 saturated carbocycles. The third-order valence-electron chi connectivity index (χ3n) is 2.60. The average molecular weight is 276 g/mol. The van der Waals surface area contributed by atoms with Gasteiger partial charge in [0.1, 0.15) is 5.25 Å². The SMILES string of the molecule is CCCS(=O)(=O)C(C)C(=O)c1ccc(F)c(F)c1. The summed E-state index contributed by atoms with van der Waals surface area (Å²) < 4.78 is 49.1. The predicted molar refractivity (Wildman–Crippen MR) is 64.2 cm³/mol. The highest BCUT2D eigenvalue weighted by Gasteiger charge is 2.28. The molecular formula is C12H14F2O3S. The van der Waals surface area contributed by atoms with Gasteiger partial charge in [0.15, 0.2) is 27.3 Å². The lowest BCUT2D eigenvalue weighted by atomic mass is 10.1. The minimum atomic E-state index is -3.55. The number of halogens is 2. The molecular weight excluding hydrogens is 262 g/mol. The number of sulfone groups is 1. The van der Waals surface area contributed by atoms with E-state index in [1.54, 1.807) is 6.92 Å². The molecule has 0 fully saturated rings. The Balaban J connectivity index is 3.04. The summed E-state index contributed by atoms with van der Waals surface area (Å²) in [5.41, 5.74) is -0.138. The van der Waals surface area contributed by atoms with Crippen molar-refractivity contribution in [2.24, 2.45) is 0 Å². The molecule has 1 atom stereocenters.